The summed E-state index contributed by atoms with van der Waals surface area (Å²) < 4.78 is 43.8. The van der Waals surface area contributed by atoms with E-state index in [4.69, 9.17) is 4.74 Å². The van der Waals surface area contributed by atoms with Crippen LogP contribution in [-0.4, -0.2) is 48.3 Å². The van der Waals surface area contributed by atoms with Gasteiger partial charge in [-0.1, -0.05) is 12.1 Å². The number of aromatic carboxylic acids is 1. The third kappa shape index (κ3) is 6.24. The van der Waals surface area contributed by atoms with Crippen LogP contribution in [0.25, 0.3) is 10.6 Å². The number of morpholine rings is 1. The first-order valence-corrected chi connectivity index (χ1v) is 13.0. The molecule has 0 bridgehead atoms. The lowest BCUT2D eigenvalue weighted by molar-refractivity contribution is -0.137. The Bertz CT molecular complexity index is 1520. The van der Waals surface area contributed by atoms with Crippen molar-refractivity contribution in [3.8, 4) is 10.6 Å². The van der Waals surface area contributed by atoms with Crippen LogP contribution < -0.4 is 15.5 Å². The van der Waals surface area contributed by atoms with Crippen LogP contribution in [0.4, 0.5) is 36.1 Å². The molecule has 1 aromatic heterocycles. The number of carbonyl (C=O) groups is 2. The van der Waals surface area contributed by atoms with Crippen molar-refractivity contribution in [1.29, 1.82) is 0 Å². The van der Waals surface area contributed by atoms with E-state index in [-0.39, 0.29) is 16.3 Å². The Hall–Kier alpha value is -4.42. The minimum absolute atomic E-state index is 0.0199. The number of aromatic nitrogens is 1. The van der Waals surface area contributed by atoms with Crippen LogP contribution in [0.3, 0.4) is 0 Å². The highest BCUT2D eigenvalue weighted by Crippen LogP contribution is 2.34. The highest BCUT2D eigenvalue weighted by molar-refractivity contribution is 7.17. The molecule has 3 aromatic carbocycles. The summed E-state index contributed by atoms with van der Waals surface area (Å²) in [6.45, 7) is 2.94. The number of rotatable bonds is 7. The summed E-state index contributed by atoms with van der Waals surface area (Å²) in [6, 6.07) is 18.1. The standard InChI is InChI=1S/C28H23F3N4O4S/c29-28(30,31)19-6-4-17(5-7-19)25(36)33-21-3-1-2-18(16-21)26-34-24(23(40-26)27(37)38)32-20-8-10-22(11-9-20)35-12-14-39-15-13-35/h1-11,16,32H,12-15H2,(H,33,36)(H,37,38). The second-order valence-electron chi connectivity index (χ2n) is 8.88. The van der Waals surface area contributed by atoms with Crippen molar-refractivity contribution in [2.75, 3.05) is 41.8 Å². The maximum absolute atomic E-state index is 12.8. The Balaban J connectivity index is 1.32. The molecular weight excluding hydrogens is 545 g/mol. The molecule has 1 fully saturated rings. The van der Waals surface area contributed by atoms with Gasteiger partial charge in [-0.3, -0.25) is 4.79 Å². The number of thiazole rings is 1. The van der Waals surface area contributed by atoms with Crippen molar-refractivity contribution in [2.24, 2.45) is 0 Å². The van der Waals surface area contributed by atoms with Gasteiger partial charge in [-0.05, 0) is 60.7 Å². The van der Waals surface area contributed by atoms with E-state index in [9.17, 15) is 27.9 Å². The molecule has 8 nitrogen and oxygen atoms in total. The molecule has 5 rings (SSSR count). The van der Waals surface area contributed by atoms with Crippen molar-refractivity contribution in [2.45, 2.75) is 6.18 Å². The van der Waals surface area contributed by atoms with Crippen molar-refractivity contribution >= 4 is 46.1 Å². The largest absolute Gasteiger partial charge is 0.477 e. The Morgan fingerprint density at radius 1 is 0.950 bits per heavy atom. The number of alkyl halides is 3. The van der Waals surface area contributed by atoms with E-state index < -0.39 is 23.6 Å². The smallest absolute Gasteiger partial charge is 0.416 e. The molecule has 1 aliphatic rings. The number of carbonyl (C=O) groups excluding carboxylic acids is 1. The number of carboxylic acids is 1. The monoisotopic (exact) mass is 568 g/mol. The van der Waals surface area contributed by atoms with Gasteiger partial charge in [0.1, 0.15) is 5.01 Å². The summed E-state index contributed by atoms with van der Waals surface area (Å²) in [4.78, 5) is 31.3. The lowest BCUT2D eigenvalue weighted by Crippen LogP contribution is -2.36. The fraction of sp³-hybridized carbons (Fsp3) is 0.179. The molecule has 3 N–H and O–H groups in total. The van der Waals surface area contributed by atoms with Crippen LogP contribution in [0.2, 0.25) is 0 Å². The molecule has 12 heteroatoms. The number of amides is 1. The zero-order valence-electron chi connectivity index (χ0n) is 20.9. The van der Waals surface area contributed by atoms with E-state index in [1.54, 1.807) is 24.3 Å². The van der Waals surface area contributed by atoms with Gasteiger partial charge >= 0.3 is 12.1 Å². The topological polar surface area (TPSA) is 104 Å². The fourth-order valence-electron chi connectivity index (χ4n) is 4.13. The van der Waals surface area contributed by atoms with Gasteiger partial charge in [-0.25, -0.2) is 9.78 Å². The molecule has 0 unspecified atom stereocenters. The molecule has 206 valence electrons. The lowest BCUT2D eigenvalue weighted by atomic mass is 10.1. The quantitative estimate of drug-likeness (QED) is 0.238. The van der Waals surface area contributed by atoms with Gasteiger partial charge in [0, 0.05) is 41.3 Å². The number of benzene rings is 3. The molecular formula is C28H23F3N4O4S. The number of anilines is 4. The van der Waals surface area contributed by atoms with Crippen LogP contribution in [0.1, 0.15) is 25.6 Å². The first-order chi connectivity index (χ1) is 19.2. The number of carboxylic acid groups (broad SMARTS) is 1. The summed E-state index contributed by atoms with van der Waals surface area (Å²) in [6.07, 6.45) is -4.49. The number of nitrogens with one attached hydrogen (secondary N) is 2. The number of halogens is 3. The minimum Gasteiger partial charge on any atom is -0.477 e. The van der Waals surface area contributed by atoms with Crippen LogP contribution in [0.5, 0.6) is 0 Å². The van der Waals surface area contributed by atoms with Gasteiger partial charge < -0.3 is 25.4 Å². The second-order valence-corrected chi connectivity index (χ2v) is 9.88. The lowest BCUT2D eigenvalue weighted by Gasteiger charge is -2.28. The van der Waals surface area contributed by atoms with Gasteiger partial charge in [0.15, 0.2) is 10.7 Å². The average Bonchev–Trinajstić information content (AvgIpc) is 3.38. The maximum atomic E-state index is 12.8. The summed E-state index contributed by atoms with van der Waals surface area (Å²) in [5.41, 5.74) is 1.87. The molecule has 0 atom stereocenters. The molecule has 0 spiro atoms. The second kappa shape index (κ2) is 11.4. The van der Waals surface area contributed by atoms with Crippen LogP contribution in [0.15, 0.2) is 72.8 Å². The predicted octanol–water partition coefficient (Wildman–Crippen LogP) is 6.36. The van der Waals surface area contributed by atoms with Crippen LogP contribution in [-0.2, 0) is 10.9 Å². The Morgan fingerprint density at radius 3 is 2.30 bits per heavy atom. The normalized spacial score (nSPS) is 13.6. The zero-order chi connectivity index (χ0) is 28.3. The summed E-state index contributed by atoms with van der Waals surface area (Å²) in [5.74, 6) is -1.53. The summed E-state index contributed by atoms with van der Waals surface area (Å²) >= 11 is 0.979. The van der Waals surface area contributed by atoms with Gasteiger partial charge in [-0.15, -0.1) is 11.3 Å². The van der Waals surface area contributed by atoms with Gasteiger partial charge in [0.25, 0.3) is 5.91 Å². The third-order valence-electron chi connectivity index (χ3n) is 6.17. The van der Waals surface area contributed by atoms with Crippen LogP contribution in [0, 0.1) is 0 Å². The minimum atomic E-state index is -4.49. The van der Waals surface area contributed by atoms with Crippen LogP contribution >= 0.6 is 11.3 Å². The van der Waals surface area contributed by atoms with Gasteiger partial charge in [0.05, 0.1) is 18.8 Å². The van der Waals surface area contributed by atoms with E-state index in [0.717, 1.165) is 54.4 Å². The highest BCUT2D eigenvalue weighted by Gasteiger charge is 2.30. The van der Waals surface area contributed by atoms with E-state index in [1.165, 1.54) is 0 Å². The first-order valence-electron chi connectivity index (χ1n) is 12.2. The molecule has 0 saturated carbocycles. The molecule has 4 aromatic rings. The van der Waals surface area contributed by atoms with E-state index in [0.29, 0.717) is 35.2 Å². The molecule has 40 heavy (non-hydrogen) atoms. The van der Waals surface area contributed by atoms with Crippen molar-refractivity contribution in [3.63, 3.8) is 0 Å². The van der Waals surface area contributed by atoms with E-state index in [1.807, 2.05) is 24.3 Å². The highest BCUT2D eigenvalue weighted by atomic mass is 32.1. The SMILES string of the molecule is O=C(Nc1cccc(-c2nc(Nc3ccc(N4CCOCC4)cc3)c(C(=O)O)s2)c1)c1ccc(C(F)(F)F)cc1. The Morgan fingerprint density at radius 2 is 1.65 bits per heavy atom. The molecule has 0 radical (unpaired) electrons. The zero-order valence-corrected chi connectivity index (χ0v) is 21.7. The summed E-state index contributed by atoms with van der Waals surface area (Å²) in [7, 11) is 0. The first kappa shape index (κ1) is 27.2. The summed E-state index contributed by atoms with van der Waals surface area (Å²) in [5, 5.41) is 15.9. The Labute approximate surface area is 231 Å². The molecule has 0 aliphatic carbocycles. The van der Waals surface area contributed by atoms with Crippen molar-refractivity contribution < 1.29 is 32.6 Å². The van der Waals surface area contributed by atoms with Gasteiger partial charge in [-0.2, -0.15) is 13.2 Å². The van der Waals surface area contributed by atoms with Crippen molar-refractivity contribution in [3.05, 3.63) is 88.8 Å². The number of ether oxygens (including phenoxy) is 1. The maximum Gasteiger partial charge on any atom is 0.416 e. The van der Waals surface area contributed by atoms with Gasteiger partial charge in [0.2, 0.25) is 0 Å². The van der Waals surface area contributed by atoms with Crippen molar-refractivity contribution in [1.82, 2.24) is 4.98 Å². The number of hydrogen-bond acceptors (Lipinski definition) is 7. The molecule has 2 heterocycles. The fourth-order valence-corrected chi connectivity index (χ4v) is 4.99. The average molecular weight is 569 g/mol. The third-order valence-corrected chi connectivity index (χ3v) is 7.26. The van der Waals surface area contributed by atoms with E-state index >= 15 is 0 Å². The molecule has 1 saturated heterocycles. The molecule has 1 amide bonds. The molecule has 1 aliphatic heterocycles. The Kier molecular flexibility index (Phi) is 7.71. The predicted molar refractivity (Wildman–Crippen MR) is 147 cm³/mol. The number of nitrogens with zero attached hydrogens (tertiary/aromatic N) is 2. The number of hydrogen-bond donors (Lipinski definition) is 3. The van der Waals surface area contributed by atoms with E-state index in [2.05, 4.69) is 20.5 Å².